The number of carbonyl (C=O) groups is 1. The van der Waals surface area contributed by atoms with E-state index in [4.69, 9.17) is 18.9 Å². The van der Waals surface area contributed by atoms with Gasteiger partial charge >= 0.3 is 5.97 Å². The fraction of sp³-hybridized carbons (Fsp3) is 0.875. The Labute approximate surface area is 400 Å². The number of ether oxygens (including phenoxy) is 4. The molecule has 6 unspecified atom stereocenters. The van der Waals surface area contributed by atoms with E-state index in [1.165, 1.54) is 173 Å². The molecule has 1 saturated heterocycles. The predicted octanol–water partition coefficient (Wildman–Crippen LogP) is 13.9. The molecule has 1 fully saturated rings. The van der Waals surface area contributed by atoms with Crippen LogP contribution in [0.4, 0.5) is 0 Å². The first kappa shape index (κ1) is 61.4. The van der Waals surface area contributed by atoms with Crippen LogP contribution in [0, 0.1) is 0 Å². The Morgan fingerprint density at radius 3 is 1.34 bits per heavy atom. The van der Waals surface area contributed by atoms with Crippen LogP contribution < -0.4 is 0 Å². The maximum Gasteiger partial charge on any atom is 0.306 e. The molecule has 0 spiro atoms. The number of allylic oxidation sites excluding steroid dienone is 6. The summed E-state index contributed by atoms with van der Waals surface area (Å²) in [6.07, 6.45) is 51.8. The monoisotopic (exact) mass is 921 g/mol. The molecule has 0 aromatic rings. The average Bonchev–Trinajstić information content (AvgIpc) is 3.31. The van der Waals surface area contributed by atoms with Gasteiger partial charge in [-0.2, -0.15) is 0 Å². The zero-order valence-corrected chi connectivity index (χ0v) is 42.2. The highest BCUT2D eigenvalue weighted by Crippen LogP contribution is 2.23. The molecule has 1 heterocycles. The molecule has 1 rings (SSSR count). The minimum atomic E-state index is -1.54. The summed E-state index contributed by atoms with van der Waals surface area (Å²) in [5.74, 6) is -0.321. The zero-order valence-electron chi connectivity index (χ0n) is 42.2. The molecule has 6 atom stereocenters. The summed E-state index contributed by atoms with van der Waals surface area (Å²) >= 11 is 0. The molecule has 1 aliphatic heterocycles. The van der Waals surface area contributed by atoms with Crippen LogP contribution in [0.5, 0.6) is 0 Å². The van der Waals surface area contributed by atoms with E-state index in [0.29, 0.717) is 13.0 Å². The van der Waals surface area contributed by atoms with Gasteiger partial charge in [-0.25, -0.2) is 0 Å². The number of esters is 1. The van der Waals surface area contributed by atoms with Crippen molar-refractivity contribution in [3.05, 3.63) is 36.5 Å². The smallest absolute Gasteiger partial charge is 0.306 e. The van der Waals surface area contributed by atoms with Crippen LogP contribution >= 0.6 is 0 Å². The van der Waals surface area contributed by atoms with Crippen molar-refractivity contribution in [2.75, 3.05) is 26.4 Å². The van der Waals surface area contributed by atoms with Crippen molar-refractivity contribution in [3.8, 4) is 0 Å². The molecule has 9 heteroatoms. The third-order valence-electron chi connectivity index (χ3n) is 12.8. The fourth-order valence-electron chi connectivity index (χ4n) is 8.50. The van der Waals surface area contributed by atoms with Crippen LogP contribution in [0.2, 0.25) is 0 Å². The summed E-state index contributed by atoms with van der Waals surface area (Å²) in [6, 6.07) is 0. The predicted molar refractivity (Wildman–Crippen MR) is 270 cm³/mol. The molecule has 0 aromatic heterocycles. The average molecular weight is 921 g/mol. The lowest BCUT2D eigenvalue weighted by atomic mass is 9.99. The number of hydrogen-bond donors (Lipinski definition) is 4. The zero-order chi connectivity index (χ0) is 47.1. The summed E-state index contributed by atoms with van der Waals surface area (Å²) in [4.78, 5) is 12.9. The lowest BCUT2D eigenvalue weighted by Crippen LogP contribution is -2.59. The highest BCUT2D eigenvalue weighted by Gasteiger charge is 2.44. The largest absolute Gasteiger partial charge is 0.457 e. The van der Waals surface area contributed by atoms with Gasteiger partial charge in [-0.15, -0.1) is 0 Å². The Balaban J connectivity index is 2.18. The van der Waals surface area contributed by atoms with E-state index in [0.717, 1.165) is 57.8 Å². The van der Waals surface area contributed by atoms with Crippen LogP contribution in [0.1, 0.15) is 251 Å². The van der Waals surface area contributed by atoms with Gasteiger partial charge in [0, 0.05) is 13.0 Å². The van der Waals surface area contributed by atoms with Crippen molar-refractivity contribution in [3.63, 3.8) is 0 Å². The van der Waals surface area contributed by atoms with Crippen LogP contribution in [0.3, 0.4) is 0 Å². The van der Waals surface area contributed by atoms with Crippen LogP contribution in [0.25, 0.3) is 0 Å². The lowest BCUT2D eigenvalue weighted by molar-refractivity contribution is -0.305. The van der Waals surface area contributed by atoms with Gasteiger partial charge in [-0.1, -0.05) is 230 Å². The highest BCUT2D eigenvalue weighted by atomic mass is 16.7. The molecule has 1 aliphatic rings. The van der Waals surface area contributed by atoms with Gasteiger partial charge < -0.3 is 39.4 Å². The highest BCUT2D eigenvalue weighted by molar-refractivity contribution is 5.69. The van der Waals surface area contributed by atoms with E-state index >= 15 is 0 Å². The number of hydrogen-bond acceptors (Lipinski definition) is 9. The number of unbranched alkanes of at least 4 members (excludes halogenated alkanes) is 31. The lowest BCUT2D eigenvalue weighted by Gasteiger charge is -2.39. The Bertz CT molecular complexity index is 1090. The van der Waals surface area contributed by atoms with Gasteiger partial charge in [0.15, 0.2) is 6.29 Å². The first-order valence-electron chi connectivity index (χ1n) is 27.6. The van der Waals surface area contributed by atoms with Crippen molar-refractivity contribution < 1.29 is 44.2 Å². The Hall–Kier alpha value is -1.59. The van der Waals surface area contributed by atoms with E-state index < -0.39 is 43.4 Å². The molecule has 4 N–H and O–H groups in total. The second kappa shape index (κ2) is 47.5. The van der Waals surface area contributed by atoms with Gasteiger partial charge in [-0.3, -0.25) is 4.79 Å². The summed E-state index contributed by atoms with van der Waals surface area (Å²) in [7, 11) is 0. The second-order valence-electron chi connectivity index (χ2n) is 19.0. The van der Waals surface area contributed by atoms with Crippen LogP contribution in [0.15, 0.2) is 36.5 Å². The summed E-state index contributed by atoms with van der Waals surface area (Å²) in [6.45, 7) is 4.58. The van der Waals surface area contributed by atoms with Gasteiger partial charge in [0.25, 0.3) is 0 Å². The molecule has 0 aliphatic carbocycles. The Morgan fingerprint density at radius 1 is 0.492 bits per heavy atom. The van der Waals surface area contributed by atoms with Gasteiger partial charge in [0.1, 0.15) is 30.5 Å². The first-order chi connectivity index (χ1) is 31.9. The molecule has 65 heavy (non-hydrogen) atoms. The minimum absolute atomic E-state index is 0.116. The molecular formula is C56H104O9. The summed E-state index contributed by atoms with van der Waals surface area (Å²) in [5.41, 5.74) is 0. The van der Waals surface area contributed by atoms with Crippen molar-refractivity contribution in [1.82, 2.24) is 0 Å². The minimum Gasteiger partial charge on any atom is -0.457 e. The van der Waals surface area contributed by atoms with E-state index in [1.54, 1.807) is 0 Å². The van der Waals surface area contributed by atoms with Crippen molar-refractivity contribution in [2.45, 2.75) is 288 Å². The molecule has 0 saturated carbocycles. The number of aliphatic hydroxyl groups is 4. The number of aliphatic hydroxyl groups excluding tert-OH is 4. The SMILES string of the molecule is CCCCCCC/C=C\C/C=C\C/C=C\CCCCCCCCC(=O)OC(COCCCCCCCCCCCCCCCCCCCCCCC)COC1OC(CO)C(O)C(O)C1O. The molecule has 0 amide bonds. The molecule has 0 aromatic carbocycles. The quantitative estimate of drug-likeness (QED) is 0.0267. The third-order valence-corrected chi connectivity index (χ3v) is 12.8. The topological polar surface area (TPSA) is 135 Å². The molecule has 0 radical (unpaired) electrons. The van der Waals surface area contributed by atoms with Gasteiger partial charge in [0.05, 0.1) is 19.8 Å². The summed E-state index contributed by atoms with van der Waals surface area (Å²) in [5, 5.41) is 40.3. The van der Waals surface area contributed by atoms with Gasteiger partial charge in [-0.05, 0) is 51.4 Å². The maximum absolute atomic E-state index is 12.9. The second-order valence-corrected chi connectivity index (χ2v) is 19.0. The maximum atomic E-state index is 12.9. The Morgan fingerprint density at radius 2 is 0.892 bits per heavy atom. The third kappa shape index (κ3) is 38.0. The van der Waals surface area contributed by atoms with E-state index in [9.17, 15) is 25.2 Å². The van der Waals surface area contributed by atoms with Crippen molar-refractivity contribution in [1.29, 1.82) is 0 Å². The van der Waals surface area contributed by atoms with E-state index in [2.05, 4.69) is 50.3 Å². The van der Waals surface area contributed by atoms with Crippen LogP contribution in [-0.4, -0.2) is 89.6 Å². The number of carbonyl (C=O) groups excluding carboxylic acids is 1. The molecule has 382 valence electrons. The standard InChI is InChI=1S/C56H104O9/c1-3-5-7-9-11-13-15-17-19-21-23-25-27-29-31-33-35-37-39-41-43-45-52(58)64-50(49-63-56-55(61)54(60)53(59)51(47-57)65-56)48-62-46-44-42-40-38-36-34-32-30-28-26-24-22-20-18-16-14-12-10-8-6-4-2/h15,17,21,23,27,29,50-51,53-57,59-61H,3-14,16,18-20,22,24-26,28,30-49H2,1-2H3/b17-15-,23-21-,29-27-. The van der Waals surface area contributed by atoms with Gasteiger partial charge in [0.2, 0.25) is 0 Å². The molecule has 0 bridgehead atoms. The fourth-order valence-corrected chi connectivity index (χ4v) is 8.50. The van der Waals surface area contributed by atoms with Crippen molar-refractivity contribution >= 4 is 5.97 Å². The van der Waals surface area contributed by atoms with Crippen LogP contribution in [-0.2, 0) is 23.7 Å². The van der Waals surface area contributed by atoms with E-state index in [1.807, 2.05) is 0 Å². The first-order valence-corrected chi connectivity index (χ1v) is 27.6. The number of rotatable bonds is 48. The molecule has 9 nitrogen and oxygen atoms in total. The van der Waals surface area contributed by atoms with Crippen molar-refractivity contribution in [2.24, 2.45) is 0 Å². The van der Waals surface area contributed by atoms with E-state index in [-0.39, 0.29) is 19.2 Å². The summed E-state index contributed by atoms with van der Waals surface area (Å²) < 4.78 is 22.9. The molecular weight excluding hydrogens is 817 g/mol. The Kier molecular flexibility index (Phi) is 44.9. The normalized spacial score (nSPS) is 19.6.